The van der Waals surface area contributed by atoms with E-state index in [-0.39, 0.29) is 23.9 Å². The molecule has 2 aromatic carbocycles. The number of rotatable bonds is 2. The Labute approximate surface area is 128 Å². The highest BCUT2D eigenvalue weighted by Gasteiger charge is 2.27. The third kappa shape index (κ3) is 2.63. The second-order valence-electron chi connectivity index (χ2n) is 5.28. The van der Waals surface area contributed by atoms with Gasteiger partial charge in [-0.25, -0.2) is 4.79 Å². The standard InChI is InChI=1S/C17H17NO4/c1-21-17(20)11-4-2-10(3-5-11)15-9-14(18)13-7-6-12(19)8-16(13)22-15/h2-8,14-15,19H,9,18H2,1H3/t14-,15-/m1/s1. The monoisotopic (exact) mass is 299 g/mol. The van der Waals surface area contributed by atoms with Crippen LogP contribution in [0.3, 0.4) is 0 Å². The topological polar surface area (TPSA) is 81.8 Å². The van der Waals surface area contributed by atoms with Gasteiger partial charge >= 0.3 is 5.97 Å². The molecule has 114 valence electrons. The normalized spacial score (nSPS) is 19.9. The molecule has 22 heavy (non-hydrogen) atoms. The zero-order valence-electron chi connectivity index (χ0n) is 12.2. The van der Waals surface area contributed by atoms with Gasteiger partial charge in [0.15, 0.2) is 0 Å². The molecule has 0 radical (unpaired) electrons. The molecular weight excluding hydrogens is 282 g/mol. The van der Waals surface area contributed by atoms with Gasteiger partial charge in [0.2, 0.25) is 0 Å². The van der Waals surface area contributed by atoms with Crippen molar-refractivity contribution >= 4 is 5.97 Å². The predicted molar refractivity (Wildman–Crippen MR) is 80.8 cm³/mol. The first-order chi connectivity index (χ1) is 10.6. The molecule has 0 aromatic heterocycles. The van der Waals surface area contributed by atoms with Gasteiger partial charge in [-0.1, -0.05) is 18.2 Å². The van der Waals surface area contributed by atoms with Crippen LogP contribution in [0.1, 0.15) is 40.1 Å². The van der Waals surface area contributed by atoms with Crippen LogP contribution < -0.4 is 10.5 Å². The van der Waals surface area contributed by atoms with Crippen molar-refractivity contribution < 1.29 is 19.4 Å². The number of fused-ring (bicyclic) bond motifs is 1. The Kier molecular flexibility index (Phi) is 3.73. The van der Waals surface area contributed by atoms with Crippen LogP contribution in [0.2, 0.25) is 0 Å². The van der Waals surface area contributed by atoms with Crippen molar-refractivity contribution in [1.29, 1.82) is 0 Å². The van der Waals surface area contributed by atoms with Gasteiger partial charge in [-0.2, -0.15) is 0 Å². The minimum absolute atomic E-state index is 0.146. The highest BCUT2D eigenvalue weighted by molar-refractivity contribution is 5.89. The molecule has 0 spiro atoms. The fourth-order valence-electron chi connectivity index (χ4n) is 2.65. The number of methoxy groups -OCH3 is 1. The first kappa shape index (κ1) is 14.4. The third-order valence-electron chi connectivity index (χ3n) is 3.84. The number of phenols is 1. The van der Waals surface area contributed by atoms with Gasteiger partial charge in [0, 0.05) is 24.1 Å². The van der Waals surface area contributed by atoms with E-state index < -0.39 is 0 Å². The lowest BCUT2D eigenvalue weighted by atomic mass is 9.93. The summed E-state index contributed by atoms with van der Waals surface area (Å²) in [6.45, 7) is 0. The molecule has 3 rings (SSSR count). The molecule has 3 N–H and O–H groups in total. The maximum Gasteiger partial charge on any atom is 0.337 e. The van der Waals surface area contributed by atoms with E-state index in [1.807, 2.05) is 12.1 Å². The zero-order valence-corrected chi connectivity index (χ0v) is 12.2. The van der Waals surface area contributed by atoms with Crippen molar-refractivity contribution in [3.05, 3.63) is 59.2 Å². The van der Waals surface area contributed by atoms with E-state index in [9.17, 15) is 9.90 Å². The molecule has 0 fully saturated rings. The number of esters is 1. The first-order valence-electron chi connectivity index (χ1n) is 7.02. The summed E-state index contributed by atoms with van der Waals surface area (Å²) in [4.78, 5) is 11.5. The number of ether oxygens (including phenoxy) is 2. The Morgan fingerprint density at radius 3 is 2.68 bits per heavy atom. The van der Waals surface area contributed by atoms with Crippen molar-refractivity contribution in [1.82, 2.24) is 0 Å². The van der Waals surface area contributed by atoms with Gasteiger partial charge in [-0.05, 0) is 23.8 Å². The number of hydrogen-bond acceptors (Lipinski definition) is 5. The maximum atomic E-state index is 11.5. The number of benzene rings is 2. The number of nitrogens with two attached hydrogens (primary N) is 1. The molecule has 0 saturated carbocycles. The van der Waals surface area contributed by atoms with Crippen molar-refractivity contribution in [3.8, 4) is 11.5 Å². The lowest BCUT2D eigenvalue weighted by Gasteiger charge is -2.30. The van der Waals surface area contributed by atoms with Crippen molar-refractivity contribution in [2.75, 3.05) is 7.11 Å². The van der Waals surface area contributed by atoms with Crippen LogP contribution >= 0.6 is 0 Å². The molecule has 0 bridgehead atoms. The molecule has 2 aromatic rings. The zero-order chi connectivity index (χ0) is 15.7. The van der Waals surface area contributed by atoms with Crippen LogP contribution in [0, 0.1) is 0 Å². The maximum absolute atomic E-state index is 11.5. The predicted octanol–water partition coefficient (Wildman–Crippen LogP) is 2.70. The quantitative estimate of drug-likeness (QED) is 0.833. The van der Waals surface area contributed by atoms with E-state index in [0.717, 1.165) is 11.1 Å². The Hall–Kier alpha value is -2.53. The van der Waals surface area contributed by atoms with Crippen LogP contribution in [0.15, 0.2) is 42.5 Å². The second-order valence-corrected chi connectivity index (χ2v) is 5.28. The van der Waals surface area contributed by atoms with E-state index in [4.69, 9.17) is 10.5 Å². The van der Waals surface area contributed by atoms with Gasteiger partial charge in [0.1, 0.15) is 17.6 Å². The van der Waals surface area contributed by atoms with Gasteiger partial charge in [-0.15, -0.1) is 0 Å². The average molecular weight is 299 g/mol. The van der Waals surface area contributed by atoms with E-state index in [1.165, 1.54) is 7.11 Å². The Morgan fingerprint density at radius 1 is 1.27 bits per heavy atom. The summed E-state index contributed by atoms with van der Waals surface area (Å²) in [5.41, 5.74) is 8.50. The molecule has 1 aliphatic rings. The number of hydrogen-bond donors (Lipinski definition) is 2. The molecule has 0 amide bonds. The Morgan fingerprint density at radius 2 is 2.00 bits per heavy atom. The van der Waals surface area contributed by atoms with E-state index in [0.29, 0.717) is 17.7 Å². The van der Waals surface area contributed by atoms with Gasteiger partial charge in [0.05, 0.1) is 12.7 Å². The minimum Gasteiger partial charge on any atom is -0.508 e. The number of carbonyl (C=O) groups excluding carboxylic acids is 1. The first-order valence-corrected chi connectivity index (χ1v) is 7.02. The van der Waals surface area contributed by atoms with E-state index in [2.05, 4.69) is 4.74 Å². The summed E-state index contributed by atoms with van der Waals surface area (Å²) < 4.78 is 10.6. The lowest BCUT2D eigenvalue weighted by molar-refractivity contribution is 0.0600. The summed E-state index contributed by atoms with van der Waals surface area (Å²) >= 11 is 0. The average Bonchev–Trinajstić information content (AvgIpc) is 2.53. The van der Waals surface area contributed by atoms with Crippen LogP contribution in [0.5, 0.6) is 11.5 Å². The van der Waals surface area contributed by atoms with Gasteiger partial charge in [-0.3, -0.25) is 0 Å². The summed E-state index contributed by atoms with van der Waals surface area (Å²) in [7, 11) is 1.35. The van der Waals surface area contributed by atoms with Crippen LogP contribution in [-0.2, 0) is 4.74 Å². The molecule has 0 aliphatic carbocycles. The molecule has 0 saturated heterocycles. The third-order valence-corrected chi connectivity index (χ3v) is 3.84. The number of carbonyl (C=O) groups is 1. The van der Waals surface area contributed by atoms with Crippen molar-refractivity contribution in [3.63, 3.8) is 0 Å². The SMILES string of the molecule is COC(=O)c1ccc([C@H]2C[C@@H](N)c3ccc(O)cc3O2)cc1. The highest BCUT2D eigenvalue weighted by Crippen LogP contribution is 2.41. The summed E-state index contributed by atoms with van der Waals surface area (Å²) in [6.07, 6.45) is 0.422. The Bertz CT molecular complexity index is 696. The molecule has 5 heteroatoms. The summed E-state index contributed by atoms with van der Waals surface area (Å²) in [6, 6.07) is 11.9. The molecule has 2 atom stereocenters. The van der Waals surface area contributed by atoms with E-state index in [1.54, 1.807) is 30.3 Å². The van der Waals surface area contributed by atoms with Crippen LogP contribution in [0.25, 0.3) is 0 Å². The molecule has 1 aliphatic heterocycles. The molecule has 1 heterocycles. The number of phenolic OH excluding ortho intramolecular Hbond substituents is 1. The molecule has 0 unspecified atom stereocenters. The van der Waals surface area contributed by atoms with Crippen LogP contribution in [0.4, 0.5) is 0 Å². The lowest BCUT2D eigenvalue weighted by Crippen LogP contribution is -2.24. The van der Waals surface area contributed by atoms with Crippen molar-refractivity contribution in [2.45, 2.75) is 18.6 Å². The molecule has 5 nitrogen and oxygen atoms in total. The highest BCUT2D eigenvalue weighted by atomic mass is 16.5. The largest absolute Gasteiger partial charge is 0.508 e. The summed E-state index contributed by atoms with van der Waals surface area (Å²) in [5, 5.41) is 9.58. The fourth-order valence-corrected chi connectivity index (χ4v) is 2.65. The van der Waals surface area contributed by atoms with Gasteiger partial charge in [0.25, 0.3) is 0 Å². The molecular formula is C17H17NO4. The Balaban J connectivity index is 1.86. The summed E-state index contributed by atoms with van der Waals surface area (Å²) in [5.74, 6) is 0.372. The van der Waals surface area contributed by atoms with Crippen molar-refractivity contribution in [2.24, 2.45) is 5.73 Å². The second kappa shape index (κ2) is 5.69. The minimum atomic E-state index is -0.372. The van der Waals surface area contributed by atoms with Gasteiger partial charge < -0.3 is 20.3 Å². The van der Waals surface area contributed by atoms with Crippen LogP contribution in [-0.4, -0.2) is 18.2 Å². The smallest absolute Gasteiger partial charge is 0.337 e. The fraction of sp³-hybridized carbons (Fsp3) is 0.235. The number of aromatic hydroxyl groups is 1. The van der Waals surface area contributed by atoms with E-state index >= 15 is 0 Å².